The van der Waals surface area contributed by atoms with Crippen LogP contribution in [0.2, 0.25) is 5.02 Å². The largest absolute Gasteiger partial charge is 0.490 e. The first-order valence-corrected chi connectivity index (χ1v) is 5.20. The number of ether oxygens (including phenoxy) is 2. The molecule has 0 atom stereocenters. The molecule has 1 rings (SSSR count). The van der Waals surface area contributed by atoms with Gasteiger partial charge in [0.2, 0.25) is 0 Å². The summed E-state index contributed by atoms with van der Waals surface area (Å²) < 4.78 is 10.7. The van der Waals surface area contributed by atoms with E-state index in [1.807, 2.05) is 13.0 Å². The SMILES string of the molecule is C=CCOc1cc(Cl)c(C#N)cc1OCC. The van der Waals surface area contributed by atoms with Gasteiger partial charge in [0.25, 0.3) is 0 Å². The topological polar surface area (TPSA) is 42.2 Å². The lowest BCUT2D eigenvalue weighted by Crippen LogP contribution is -1.99. The number of hydrogen-bond acceptors (Lipinski definition) is 3. The predicted molar refractivity (Wildman–Crippen MR) is 63.0 cm³/mol. The molecular weight excluding hydrogens is 226 g/mol. The number of nitrogens with zero attached hydrogens (tertiary/aromatic N) is 1. The van der Waals surface area contributed by atoms with Crippen LogP contribution in [0.3, 0.4) is 0 Å². The number of nitriles is 1. The highest BCUT2D eigenvalue weighted by Gasteiger charge is 2.10. The van der Waals surface area contributed by atoms with Gasteiger partial charge in [0.05, 0.1) is 17.2 Å². The molecular formula is C12H12ClNO2. The average molecular weight is 238 g/mol. The summed E-state index contributed by atoms with van der Waals surface area (Å²) in [6.07, 6.45) is 1.63. The summed E-state index contributed by atoms with van der Waals surface area (Å²) >= 11 is 5.90. The number of hydrogen-bond donors (Lipinski definition) is 0. The van der Waals surface area contributed by atoms with Crippen molar-refractivity contribution >= 4 is 11.6 Å². The van der Waals surface area contributed by atoms with Gasteiger partial charge in [-0.15, -0.1) is 0 Å². The summed E-state index contributed by atoms with van der Waals surface area (Å²) in [5.41, 5.74) is 0.371. The fraction of sp³-hybridized carbons (Fsp3) is 0.250. The fourth-order valence-corrected chi connectivity index (χ4v) is 1.35. The van der Waals surface area contributed by atoms with Crippen LogP contribution in [0.5, 0.6) is 11.5 Å². The third-order valence-electron chi connectivity index (χ3n) is 1.81. The normalized spacial score (nSPS) is 9.31. The molecule has 0 heterocycles. The first kappa shape index (κ1) is 12.4. The van der Waals surface area contributed by atoms with Crippen LogP contribution in [0.25, 0.3) is 0 Å². The standard InChI is InChI=1S/C12H12ClNO2/c1-3-5-16-12-7-10(13)9(8-14)6-11(12)15-4-2/h3,6-7H,1,4-5H2,2H3. The van der Waals surface area contributed by atoms with Crippen molar-refractivity contribution in [1.29, 1.82) is 5.26 Å². The van der Waals surface area contributed by atoms with Crippen LogP contribution >= 0.6 is 11.6 Å². The highest BCUT2D eigenvalue weighted by molar-refractivity contribution is 6.31. The van der Waals surface area contributed by atoms with Crippen molar-refractivity contribution in [3.63, 3.8) is 0 Å². The Kier molecular flexibility index (Phi) is 4.68. The van der Waals surface area contributed by atoms with Gasteiger partial charge in [-0.3, -0.25) is 0 Å². The van der Waals surface area contributed by atoms with Crippen LogP contribution in [0.15, 0.2) is 24.8 Å². The lowest BCUT2D eigenvalue weighted by atomic mass is 10.2. The van der Waals surface area contributed by atoms with Crippen molar-refractivity contribution in [1.82, 2.24) is 0 Å². The van der Waals surface area contributed by atoms with Crippen molar-refractivity contribution in [2.24, 2.45) is 0 Å². The van der Waals surface area contributed by atoms with Gasteiger partial charge in [0.15, 0.2) is 11.5 Å². The van der Waals surface area contributed by atoms with E-state index in [4.69, 9.17) is 26.3 Å². The Bertz CT molecular complexity index is 424. The summed E-state index contributed by atoms with van der Waals surface area (Å²) in [6.45, 7) is 6.28. The molecule has 3 nitrogen and oxygen atoms in total. The number of rotatable bonds is 5. The molecule has 0 amide bonds. The van der Waals surface area contributed by atoms with E-state index in [1.165, 1.54) is 0 Å². The van der Waals surface area contributed by atoms with Gasteiger partial charge in [-0.2, -0.15) is 5.26 Å². The first-order valence-electron chi connectivity index (χ1n) is 4.83. The fourth-order valence-electron chi connectivity index (χ4n) is 1.15. The molecule has 0 saturated heterocycles. The van der Waals surface area contributed by atoms with Crippen LogP contribution < -0.4 is 9.47 Å². The molecule has 0 aliphatic carbocycles. The molecule has 0 fully saturated rings. The lowest BCUT2D eigenvalue weighted by Gasteiger charge is -2.11. The Balaban J connectivity index is 3.09. The van der Waals surface area contributed by atoms with E-state index in [1.54, 1.807) is 18.2 Å². The van der Waals surface area contributed by atoms with Crippen molar-refractivity contribution in [2.45, 2.75) is 6.92 Å². The maximum absolute atomic E-state index is 8.83. The summed E-state index contributed by atoms with van der Waals surface area (Å²) in [5.74, 6) is 1.04. The maximum Gasteiger partial charge on any atom is 0.163 e. The molecule has 0 aliphatic heterocycles. The summed E-state index contributed by atoms with van der Waals surface area (Å²) in [6, 6.07) is 5.14. The number of halogens is 1. The zero-order valence-electron chi connectivity index (χ0n) is 9.00. The van der Waals surface area contributed by atoms with Gasteiger partial charge in [0, 0.05) is 12.1 Å². The molecule has 0 aromatic heterocycles. The molecule has 16 heavy (non-hydrogen) atoms. The monoisotopic (exact) mass is 237 g/mol. The van der Waals surface area contributed by atoms with Gasteiger partial charge in [-0.1, -0.05) is 24.3 Å². The Labute approximate surface area is 99.9 Å². The molecule has 4 heteroatoms. The van der Waals surface area contributed by atoms with Crippen LogP contribution in [-0.4, -0.2) is 13.2 Å². The van der Waals surface area contributed by atoms with Crippen LogP contribution in [0.4, 0.5) is 0 Å². The second-order valence-corrected chi connectivity index (χ2v) is 3.33. The molecule has 0 saturated carbocycles. The van der Waals surface area contributed by atoms with Crippen LogP contribution in [-0.2, 0) is 0 Å². The highest BCUT2D eigenvalue weighted by Crippen LogP contribution is 2.33. The molecule has 1 aromatic carbocycles. The van der Waals surface area contributed by atoms with Gasteiger partial charge < -0.3 is 9.47 Å². The molecule has 1 aromatic rings. The lowest BCUT2D eigenvalue weighted by molar-refractivity contribution is 0.297. The molecule has 0 radical (unpaired) electrons. The quantitative estimate of drug-likeness (QED) is 0.739. The minimum Gasteiger partial charge on any atom is -0.490 e. The second kappa shape index (κ2) is 6.04. The smallest absolute Gasteiger partial charge is 0.163 e. The van der Waals surface area contributed by atoms with Crippen molar-refractivity contribution < 1.29 is 9.47 Å². The van der Waals surface area contributed by atoms with E-state index in [9.17, 15) is 0 Å². The van der Waals surface area contributed by atoms with E-state index in [0.29, 0.717) is 35.3 Å². The third-order valence-corrected chi connectivity index (χ3v) is 2.12. The number of benzene rings is 1. The van der Waals surface area contributed by atoms with E-state index < -0.39 is 0 Å². The van der Waals surface area contributed by atoms with Crippen molar-refractivity contribution in [3.05, 3.63) is 35.4 Å². The molecule has 0 bridgehead atoms. The second-order valence-electron chi connectivity index (χ2n) is 2.92. The first-order chi connectivity index (χ1) is 7.72. The van der Waals surface area contributed by atoms with Gasteiger partial charge in [0.1, 0.15) is 12.7 Å². The van der Waals surface area contributed by atoms with E-state index in [2.05, 4.69) is 6.58 Å². The third kappa shape index (κ3) is 2.91. The zero-order chi connectivity index (χ0) is 12.0. The van der Waals surface area contributed by atoms with E-state index in [0.717, 1.165) is 0 Å². The van der Waals surface area contributed by atoms with Gasteiger partial charge in [-0.05, 0) is 6.92 Å². The summed E-state index contributed by atoms with van der Waals surface area (Å²) in [4.78, 5) is 0. The Morgan fingerprint density at radius 2 is 2.12 bits per heavy atom. The summed E-state index contributed by atoms with van der Waals surface area (Å²) in [7, 11) is 0. The molecule has 0 aliphatic rings. The summed E-state index contributed by atoms with van der Waals surface area (Å²) in [5, 5.41) is 9.18. The van der Waals surface area contributed by atoms with Crippen LogP contribution in [0, 0.1) is 11.3 Å². The van der Waals surface area contributed by atoms with E-state index >= 15 is 0 Å². The maximum atomic E-state index is 8.83. The predicted octanol–water partition coefficient (Wildman–Crippen LogP) is 3.18. The van der Waals surface area contributed by atoms with Crippen molar-refractivity contribution in [3.8, 4) is 17.6 Å². The molecule has 0 N–H and O–H groups in total. The highest BCUT2D eigenvalue weighted by atomic mass is 35.5. The molecule has 0 spiro atoms. The Morgan fingerprint density at radius 3 is 2.69 bits per heavy atom. The minimum absolute atomic E-state index is 0.352. The van der Waals surface area contributed by atoms with Gasteiger partial charge >= 0.3 is 0 Å². The zero-order valence-corrected chi connectivity index (χ0v) is 9.75. The van der Waals surface area contributed by atoms with E-state index in [-0.39, 0.29) is 0 Å². The van der Waals surface area contributed by atoms with Crippen molar-refractivity contribution in [2.75, 3.05) is 13.2 Å². The molecule has 84 valence electrons. The Morgan fingerprint density at radius 1 is 1.44 bits per heavy atom. The average Bonchev–Trinajstić information content (AvgIpc) is 2.29. The van der Waals surface area contributed by atoms with Crippen LogP contribution in [0.1, 0.15) is 12.5 Å². The molecule has 0 unspecified atom stereocenters. The minimum atomic E-state index is 0.352. The van der Waals surface area contributed by atoms with Gasteiger partial charge in [-0.25, -0.2) is 0 Å². The Hall–Kier alpha value is -1.66.